The van der Waals surface area contributed by atoms with Gasteiger partial charge in [0, 0.05) is 12.5 Å². The lowest BCUT2D eigenvalue weighted by molar-refractivity contribution is 0.354. The molecule has 1 atom stereocenters. The number of aliphatic imine (C=N–C) groups is 1. The summed E-state index contributed by atoms with van der Waals surface area (Å²) >= 11 is 0. The maximum atomic E-state index is 6.12. The summed E-state index contributed by atoms with van der Waals surface area (Å²) in [6.07, 6.45) is 0.808. The number of methoxy groups -OCH3 is 2. The van der Waals surface area contributed by atoms with Gasteiger partial charge in [0.15, 0.2) is 11.5 Å². The van der Waals surface area contributed by atoms with Crippen molar-refractivity contribution in [1.29, 1.82) is 0 Å². The Morgan fingerprint density at radius 1 is 1.04 bits per heavy atom. The number of rotatable bonds is 7. The maximum Gasteiger partial charge on any atom is 0.160 e. The molecule has 2 N–H and O–H groups in total. The number of nitrogens with zero attached hydrogens (tertiary/aromatic N) is 1. The van der Waals surface area contributed by atoms with E-state index >= 15 is 0 Å². The molecule has 130 valence electrons. The molecule has 0 fully saturated rings. The molecule has 0 heterocycles. The predicted octanol–water partition coefficient (Wildman–Crippen LogP) is 3.83. The molecule has 4 nitrogen and oxygen atoms in total. The summed E-state index contributed by atoms with van der Waals surface area (Å²) in [5.74, 6) is 2.26. The van der Waals surface area contributed by atoms with Gasteiger partial charge < -0.3 is 15.2 Å². The van der Waals surface area contributed by atoms with E-state index in [2.05, 4.69) is 24.0 Å². The topological polar surface area (TPSA) is 56.8 Å². The van der Waals surface area contributed by atoms with E-state index in [1.807, 2.05) is 36.4 Å². The second-order valence-corrected chi connectivity index (χ2v) is 5.38. The average Bonchev–Trinajstić information content (AvgIpc) is 2.61. The minimum absolute atomic E-state index is 0. The van der Waals surface area contributed by atoms with Crippen molar-refractivity contribution in [1.82, 2.24) is 0 Å². The average molecular weight is 349 g/mol. The van der Waals surface area contributed by atoms with E-state index in [4.69, 9.17) is 15.2 Å². The van der Waals surface area contributed by atoms with Gasteiger partial charge in [0.1, 0.15) is 5.84 Å². The van der Waals surface area contributed by atoms with Crippen LogP contribution in [0.15, 0.2) is 53.5 Å². The molecule has 2 aromatic carbocycles. The van der Waals surface area contributed by atoms with Crippen molar-refractivity contribution in [3.63, 3.8) is 0 Å². The van der Waals surface area contributed by atoms with Crippen LogP contribution in [0, 0.1) is 0 Å². The molecule has 0 saturated heterocycles. The van der Waals surface area contributed by atoms with Crippen LogP contribution < -0.4 is 15.2 Å². The third-order valence-corrected chi connectivity index (χ3v) is 3.89. The summed E-state index contributed by atoms with van der Waals surface area (Å²) in [6.45, 7) is 2.73. The second-order valence-electron chi connectivity index (χ2n) is 5.38. The molecule has 0 aliphatic rings. The highest BCUT2D eigenvalue weighted by molar-refractivity contribution is 5.87. The van der Waals surface area contributed by atoms with Gasteiger partial charge in [0.05, 0.1) is 14.2 Å². The highest BCUT2D eigenvalue weighted by atomic mass is 35.5. The van der Waals surface area contributed by atoms with Crippen LogP contribution in [0.25, 0.3) is 0 Å². The first-order chi connectivity index (χ1) is 11.2. The molecule has 0 saturated carbocycles. The molecule has 0 spiro atoms. The molecule has 0 bridgehead atoms. The zero-order valence-corrected chi connectivity index (χ0v) is 15.2. The fourth-order valence-corrected chi connectivity index (χ4v) is 2.40. The van der Waals surface area contributed by atoms with Crippen molar-refractivity contribution in [3.8, 4) is 11.5 Å². The Kier molecular flexibility index (Phi) is 8.13. The second kappa shape index (κ2) is 9.83. The molecule has 1 unspecified atom stereocenters. The molecular weight excluding hydrogens is 324 g/mol. The van der Waals surface area contributed by atoms with Crippen LogP contribution in [0.5, 0.6) is 11.5 Å². The molecular formula is C19H25ClN2O2. The predicted molar refractivity (Wildman–Crippen MR) is 102 cm³/mol. The number of nitrogens with two attached hydrogens (primary N) is 1. The number of amidine groups is 1. The van der Waals surface area contributed by atoms with Gasteiger partial charge in [0.2, 0.25) is 0 Å². The maximum absolute atomic E-state index is 6.12. The van der Waals surface area contributed by atoms with Crippen molar-refractivity contribution in [2.24, 2.45) is 10.7 Å². The number of benzene rings is 2. The van der Waals surface area contributed by atoms with E-state index in [-0.39, 0.29) is 18.3 Å². The van der Waals surface area contributed by atoms with Crippen LogP contribution in [-0.4, -0.2) is 26.6 Å². The van der Waals surface area contributed by atoms with Gasteiger partial charge in [-0.25, -0.2) is 0 Å². The summed E-state index contributed by atoms with van der Waals surface area (Å²) < 4.78 is 10.6. The third kappa shape index (κ3) is 5.17. The quantitative estimate of drug-likeness (QED) is 0.611. The van der Waals surface area contributed by atoms with Crippen LogP contribution >= 0.6 is 12.4 Å². The zero-order valence-electron chi connectivity index (χ0n) is 14.4. The van der Waals surface area contributed by atoms with Crippen molar-refractivity contribution in [3.05, 3.63) is 59.7 Å². The Morgan fingerprint density at radius 2 is 1.71 bits per heavy atom. The van der Waals surface area contributed by atoms with Gasteiger partial charge in [-0.1, -0.05) is 43.3 Å². The Morgan fingerprint density at radius 3 is 2.33 bits per heavy atom. The number of halogens is 1. The Hall–Kier alpha value is -2.20. The fourth-order valence-electron chi connectivity index (χ4n) is 2.40. The van der Waals surface area contributed by atoms with Crippen molar-refractivity contribution in [2.45, 2.75) is 19.3 Å². The summed E-state index contributed by atoms with van der Waals surface area (Å²) in [7, 11) is 3.27. The van der Waals surface area contributed by atoms with Crippen LogP contribution in [0.3, 0.4) is 0 Å². The lowest BCUT2D eigenvalue weighted by Gasteiger charge is -2.12. The molecule has 5 heteroatoms. The smallest absolute Gasteiger partial charge is 0.160 e. The van der Waals surface area contributed by atoms with Crippen molar-refractivity contribution < 1.29 is 9.47 Å². The summed E-state index contributed by atoms with van der Waals surface area (Å²) in [5, 5.41) is 0. The van der Waals surface area contributed by atoms with E-state index in [1.54, 1.807) is 14.2 Å². The Balaban J connectivity index is 0.00000288. The van der Waals surface area contributed by atoms with E-state index < -0.39 is 0 Å². The molecule has 0 amide bonds. The molecule has 2 rings (SSSR count). The lowest BCUT2D eigenvalue weighted by Crippen LogP contribution is -2.20. The van der Waals surface area contributed by atoms with Crippen molar-refractivity contribution >= 4 is 18.2 Å². The van der Waals surface area contributed by atoms with Crippen LogP contribution in [0.1, 0.15) is 24.0 Å². The molecule has 0 aliphatic heterocycles. The van der Waals surface area contributed by atoms with Gasteiger partial charge >= 0.3 is 0 Å². The van der Waals surface area contributed by atoms with E-state index in [9.17, 15) is 0 Å². The Labute approximate surface area is 150 Å². The largest absolute Gasteiger partial charge is 0.493 e. The number of hydrogen-bond acceptors (Lipinski definition) is 3. The third-order valence-electron chi connectivity index (χ3n) is 3.89. The first-order valence-electron chi connectivity index (χ1n) is 7.71. The van der Waals surface area contributed by atoms with Gasteiger partial charge in [0.25, 0.3) is 0 Å². The molecule has 0 aliphatic carbocycles. The van der Waals surface area contributed by atoms with Crippen LogP contribution in [0.2, 0.25) is 0 Å². The Bertz CT molecular complexity index is 660. The SMILES string of the molecule is COc1ccc(CCN=C(N)C(C)c2ccccc2)cc1OC.Cl. The fraction of sp³-hybridized carbons (Fsp3) is 0.316. The van der Waals surface area contributed by atoms with Crippen molar-refractivity contribution in [2.75, 3.05) is 20.8 Å². The normalized spacial score (nSPS) is 12.2. The highest BCUT2D eigenvalue weighted by Crippen LogP contribution is 2.27. The zero-order chi connectivity index (χ0) is 16.7. The molecule has 2 aromatic rings. The minimum atomic E-state index is 0. The minimum Gasteiger partial charge on any atom is -0.493 e. The summed E-state index contributed by atoms with van der Waals surface area (Å²) in [6, 6.07) is 16.1. The first kappa shape index (κ1) is 19.8. The number of ether oxygens (including phenoxy) is 2. The summed E-state index contributed by atoms with van der Waals surface area (Å²) in [4.78, 5) is 4.52. The van der Waals surface area contributed by atoms with Gasteiger partial charge in [-0.2, -0.15) is 0 Å². The standard InChI is InChI=1S/C19H24N2O2.ClH/c1-14(16-7-5-4-6-8-16)19(20)21-12-11-15-9-10-17(22-2)18(13-15)23-3;/h4-10,13-14H,11-12H2,1-3H3,(H2,20,21);1H. The summed E-state index contributed by atoms with van der Waals surface area (Å²) in [5.41, 5.74) is 8.45. The van der Waals surface area contributed by atoms with Crippen LogP contribution in [0.4, 0.5) is 0 Å². The van der Waals surface area contributed by atoms with Gasteiger partial charge in [-0.3, -0.25) is 4.99 Å². The van der Waals surface area contributed by atoms with E-state index in [0.717, 1.165) is 23.5 Å². The van der Waals surface area contributed by atoms with Gasteiger partial charge in [-0.15, -0.1) is 12.4 Å². The molecule has 24 heavy (non-hydrogen) atoms. The monoisotopic (exact) mass is 348 g/mol. The molecule has 0 radical (unpaired) electrons. The molecule has 0 aromatic heterocycles. The van der Waals surface area contributed by atoms with Gasteiger partial charge in [-0.05, 0) is 29.7 Å². The lowest BCUT2D eigenvalue weighted by atomic mass is 10.0. The van der Waals surface area contributed by atoms with E-state index in [0.29, 0.717) is 12.4 Å². The van der Waals surface area contributed by atoms with E-state index in [1.165, 1.54) is 5.56 Å². The highest BCUT2D eigenvalue weighted by Gasteiger charge is 2.09. The number of hydrogen-bond donors (Lipinski definition) is 1. The first-order valence-corrected chi connectivity index (χ1v) is 7.71. The van der Waals surface area contributed by atoms with Crippen LogP contribution in [-0.2, 0) is 6.42 Å².